The molecule has 2 N–H and O–H groups in total. The summed E-state index contributed by atoms with van der Waals surface area (Å²) in [5.74, 6) is -0.0880. The number of sulfonamides is 1. The van der Waals surface area contributed by atoms with Crippen LogP contribution in [-0.4, -0.2) is 42.3 Å². The molecule has 8 nitrogen and oxygen atoms in total. The van der Waals surface area contributed by atoms with Crippen LogP contribution in [0.2, 0.25) is 0 Å². The first-order valence-electron chi connectivity index (χ1n) is 6.16. The summed E-state index contributed by atoms with van der Waals surface area (Å²) in [7, 11) is -2.25. The Hall–Kier alpha value is -1.58. The summed E-state index contributed by atoms with van der Waals surface area (Å²) in [5.41, 5.74) is 5.64. The van der Waals surface area contributed by atoms with E-state index in [2.05, 4.69) is 4.98 Å². The van der Waals surface area contributed by atoms with E-state index in [4.69, 9.17) is 5.73 Å². The first kappa shape index (κ1) is 14.8. The molecule has 110 valence electrons. The van der Waals surface area contributed by atoms with Gasteiger partial charge < -0.3 is 15.8 Å². The summed E-state index contributed by atoms with van der Waals surface area (Å²) < 4.78 is 26.1. The quantitative estimate of drug-likeness (QED) is 0.598. The summed E-state index contributed by atoms with van der Waals surface area (Å²) >= 11 is 0. The second kappa shape index (κ2) is 5.43. The number of rotatable bonds is 6. The van der Waals surface area contributed by atoms with E-state index < -0.39 is 14.9 Å². The molecule has 1 fully saturated rings. The van der Waals surface area contributed by atoms with Gasteiger partial charge in [-0.15, -0.1) is 0 Å². The average Bonchev–Trinajstić information content (AvgIpc) is 3.24. The SMILES string of the molecule is CN(C(CN)C1CC1)S(=O)(=O)c1ccc([N+](=O)[O-])nc1. The van der Waals surface area contributed by atoms with Crippen molar-refractivity contribution < 1.29 is 13.3 Å². The molecule has 1 aliphatic rings. The summed E-state index contributed by atoms with van der Waals surface area (Å²) in [5, 5.41) is 10.5. The Kier molecular flexibility index (Phi) is 4.02. The maximum absolute atomic E-state index is 12.4. The molecule has 9 heteroatoms. The van der Waals surface area contributed by atoms with E-state index >= 15 is 0 Å². The van der Waals surface area contributed by atoms with Crippen LogP contribution < -0.4 is 5.73 Å². The van der Waals surface area contributed by atoms with Gasteiger partial charge in [0.25, 0.3) is 0 Å². The fraction of sp³-hybridized carbons (Fsp3) is 0.545. The lowest BCUT2D eigenvalue weighted by molar-refractivity contribution is -0.389. The Morgan fingerprint density at radius 3 is 2.60 bits per heavy atom. The third-order valence-corrected chi connectivity index (χ3v) is 5.33. The van der Waals surface area contributed by atoms with Gasteiger partial charge in [-0.3, -0.25) is 0 Å². The molecule has 0 bridgehead atoms. The molecule has 1 saturated carbocycles. The second-order valence-electron chi connectivity index (χ2n) is 4.77. The van der Waals surface area contributed by atoms with E-state index in [1.165, 1.54) is 17.4 Å². The number of nitrogens with two attached hydrogens (primary N) is 1. The first-order valence-corrected chi connectivity index (χ1v) is 7.60. The average molecular weight is 300 g/mol. The van der Waals surface area contributed by atoms with E-state index in [1.54, 1.807) is 0 Å². The van der Waals surface area contributed by atoms with Gasteiger partial charge in [-0.05, 0) is 34.7 Å². The number of nitro groups is 1. The summed E-state index contributed by atoms with van der Waals surface area (Å²) in [6, 6.07) is 2.03. The molecule has 0 spiro atoms. The molecule has 1 aromatic heterocycles. The minimum atomic E-state index is -3.73. The minimum Gasteiger partial charge on any atom is -0.358 e. The molecule has 0 aliphatic heterocycles. The molecule has 1 unspecified atom stereocenters. The fourth-order valence-corrected chi connectivity index (χ4v) is 3.47. The van der Waals surface area contributed by atoms with Gasteiger partial charge >= 0.3 is 5.82 Å². The van der Waals surface area contributed by atoms with Crippen LogP contribution in [0.4, 0.5) is 5.82 Å². The van der Waals surface area contributed by atoms with Crippen molar-refractivity contribution in [2.24, 2.45) is 11.7 Å². The number of aromatic nitrogens is 1. The molecule has 2 rings (SSSR count). The summed E-state index contributed by atoms with van der Waals surface area (Å²) in [6.45, 7) is 0.251. The van der Waals surface area contributed by atoms with Crippen LogP contribution in [-0.2, 0) is 10.0 Å². The molecule has 1 atom stereocenters. The summed E-state index contributed by atoms with van der Waals surface area (Å²) in [6.07, 6.45) is 2.95. The Bertz CT molecular complexity index is 597. The standard InChI is InChI=1S/C11H16N4O4S/c1-14(10(6-12)8-2-3-8)20(18,19)9-4-5-11(13-7-9)15(16)17/h4-5,7-8,10H,2-3,6,12H2,1H3. The third kappa shape index (κ3) is 2.79. The van der Waals surface area contributed by atoms with Gasteiger partial charge in [0, 0.05) is 25.7 Å². The van der Waals surface area contributed by atoms with Gasteiger partial charge in [-0.1, -0.05) is 0 Å². The van der Waals surface area contributed by atoms with Crippen molar-refractivity contribution in [3.05, 3.63) is 28.4 Å². The van der Waals surface area contributed by atoms with Gasteiger partial charge in [-0.25, -0.2) is 8.42 Å². The molecule has 0 aromatic carbocycles. The van der Waals surface area contributed by atoms with Crippen molar-refractivity contribution in [3.63, 3.8) is 0 Å². The predicted octanol–water partition coefficient (Wildman–Crippen LogP) is 0.348. The largest absolute Gasteiger partial charge is 0.363 e. The lowest BCUT2D eigenvalue weighted by Gasteiger charge is -2.25. The summed E-state index contributed by atoms with van der Waals surface area (Å²) in [4.78, 5) is 13.3. The third-order valence-electron chi connectivity index (χ3n) is 3.46. The lowest BCUT2D eigenvalue weighted by Crippen LogP contribution is -2.43. The predicted molar refractivity (Wildman–Crippen MR) is 71.4 cm³/mol. The van der Waals surface area contributed by atoms with Crippen LogP contribution in [0.25, 0.3) is 0 Å². The number of pyridine rings is 1. The highest BCUT2D eigenvalue weighted by atomic mass is 32.2. The monoisotopic (exact) mass is 300 g/mol. The van der Waals surface area contributed by atoms with E-state index in [-0.39, 0.29) is 23.3 Å². The lowest BCUT2D eigenvalue weighted by atomic mass is 10.2. The molecule has 1 aromatic rings. The topological polar surface area (TPSA) is 119 Å². The number of nitrogens with zero attached hydrogens (tertiary/aromatic N) is 3. The van der Waals surface area contributed by atoms with Crippen LogP contribution in [0.5, 0.6) is 0 Å². The van der Waals surface area contributed by atoms with Crippen molar-refractivity contribution in [2.45, 2.75) is 23.8 Å². The zero-order valence-electron chi connectivity index (χ0n) is 11.0. The highest BCUT2D eigenvalue weighted by Gasteiger charge is 2.38. The van der Waals surface area contributed by atoms with E-state index in [0.29, 0.717) is 5.92 Å². The number of hydrogen-bond donors (Lipinski definition) is 1. The van der Waals surface area contributed by atoms with E-state index in [9.17, 15) is 18.5 Å². The van der Waals surface area contributed by atoms with Gasteiger partial charge in [0.15, 0.2) is 6.20 Å². The zero-order chi connectivity index (χ0) is 14.9. The highest BCUT2D eigenvalue weighted by Crippen LogP contribution is 2.36. The smallest absolute Gasteiger partial charge is 0.358 e. The Morgan fingerprint density at radius 1 is 1.55 bits per heavy atom. The van der Waals surface area contributed by atoms with Crippen molar-refractivity contribution in [2.75, 3.05) is 13.6 Å². The van der Waals surface area contributed by atoms with Gasteiger partial charge in [-0.2, -0.15) is 4.31 Å². The van der Waals surface area contributed by atoms with Gasteiger partial charge in [0.2, 0.25) is 10.0 Å². The van der Waals surface area contributed by atoms with E-state index in [0.717, 1.165) is 25.1 Å². The fourth-order valence-electron chi connectivity index (χ4n) is 2.10. The Morgan fingerprint density at radius 2 is 2.20 bits per heavy atom. The Balaban J connectivity index is 2.26. The first-order chi connectivity index (χ1) is 9.37. The van der Waals surface area contributed by atoms with Crippen molar-refractivity contribution >= 4 is 15.8 Å². The highest BCUT2D eigenvalue weighted by molar-refractivity contribution is 7.89. The van der Waals surface area contributed by atoms with Gasteiger partial charge in [0.1, 0.15) is 4.90 Å². The molecule has 0 amide bonds. The normalized spacial score (nSPS) is 17.1. The van der Waals surface area contributed by atoms with Crippen LogP contribution >= 0.6 is 0 Å². The van der Waals surface area contributed by atoms with Crippen molar-refractivity contribution in [3.8, 4) is 0 Å². The molecule has 20 heavy (non-hydrogen) atoms. The number of hydrogen-bond acceptors (Lipinski definition) is 6. The molecule has 0 saturated heterocycles. The zero-order valence-corrected chi connectivity index (χ0v) is 11.8. The maximum Gasteiger partial charge on any atom is 0.363 e. The minimum absolute atomic E-state index is 0.0651. The number of likely N-dealkylation sites (N-methyl/N-ethyl adjacent to an activating group) is 1. The molecule has 1 heterocycles. The van der Waals surface area contributed by atoms with Crippen LogP contribution in [0.3, 0.4) is 0 Å². The van der Waals surface area contributed by atoms with Crippen molar-refractivity contribution in [1.29, 1.82) is 0 Å². The maximum atomic E-state index is 12.4. The van der Waals surface area contributed by atoms with Crippen LogP contribution in [0, 0.1) is 16.0 Å². The van der Waals surface area contributed by atoms with Crippen molar-refractivity contribution in [1.82, 2.24) is 9.29 Å². The van der Waals surface area contributed by atoms with Crippen LogP contribution in [0.15, 0.2) is 23.2 Å². The second-order valence-corrected chi connectivity index (χ2v) is 6.77. The Labute approximate surface area is 116 Å². The molecule has 1 aliphatic carbocycles. The molecule has 0 radical (unpaired) electrons. The molecular weight excluding hydrogens is 284 g/mol. The van der Waals surface area contributed by atoms with Gasteiger partial charge in [0.05, 0.1) is 0 Å². The van der Waals surface area contributed by atoms with Crippen LogP contribution in [0.1, 0.15) is 12.8 Å². The van der Waals surface area contributed by atoms with E-state index in [1.807, 2.05) is 0 Å². The molecular formula is C11H16N4O4S.